The summed E-state index contributed by atoms with van der Waals surface area (Å²) in [6, 6.07) is 0.700. The van der Waals surface area contributed by atoms with E-state index in [1.54, 1.807) is 0 Å². The number of rotatable bonds is 5. The first kappa shape index (κ1) is 16.7. The molecule has 1 atom stereocenters. The van der Waals surface area contributed by atoms with Gasteiger partial charge in [-0.3, -0.25) is 14.7 Å². The van der Waals surface area contributed by atoms with Gasteiger partial charge in [-0.1, -0.05) is 6.92 Å². The van der Waals surface area contributed by atoms with Crippen LogP contribution in [0.2, 0.25) is 0 Å². The number of halogens is 3. The molecule has 1 N–H and O–H groups in total. The van der Waals surface area contributed by atoms with Crippen LogP contribution in [0.15, 0.2) is 18.5 Å². The Morgan fingerprint density at radius 1 is 1.50 bits per heavy atom. The van der Waals surface area contributed by atoms with Crippen molar-refractivity contribution in [3.05, 3.63) is 29.6 Å². The van der Waals surface area contributed by atoms with Crippen LogP contribution in [-0.4, -0.2) is 34.9 Å². The molecule has 0 aromatic carbocycles. The number of aromatic nitrogens is 1. The van der Waals surface area contributed by atoms with Gasteiger partial charge in [0.2, 0.25) is 5.91 Å². The average molecular weight is 315 g/mol. The SMILES string of the molecule is CCCN1CCC[C@H]1C(=O)NCc1cnccc1C(F)(F)F. The summed E-state index contributed by atoms with van der Waals surface area (Å²) in [5, 5.41) is 2.62. The molecule has 1 aromatic rings. The van der Waals surface area contributed by atoms with Gasteiger partial charge in [-0.15, -0.1) is 0 Å². The highest BCUT2D eigenvalue weighted by molar-refractivity contribution is 5.82. The summed E-state index contributed by atoms with van der Waals surface area (Å²) in [5.74, 6) is -0.206. The predicted molar refractivity (Wildman–Crippen MR) is 76.0 cm³/mol. The molecule has 22 heavy (non-hydrogen) atoms. The first-order valence-electron chi connectivity index (χ1n) is 7.45. The second-order valence-electron chi connectivity index (χ2n) is 5.44. The van der Waals surface area contributed by atoms with E-state index in [1.165, 1.54) is 0 Å². The molecule has 1 saturated heterocycles. The molecule has 0 saturated carbocycles. The molecule has 1 aliphatic heterocycles. The number of nitrogens with zero attached hydrogens (tertiary/aromatic N) is 2. The number of amides is 1. The minimum absolute atomic E-state index is 0.0108. The molecule has 4 nitrogen and oxygen atoms in total. The van der Waals surface area contributed by atoms with Gasteiger partial charge in [0.15, 0.2) is 0 Å². The van der Waals surface area contributed by atoms with Gasteiger partial charge in [0, 0.05) is 24.5 Å². The van der Waals surface area contributed by atoms with Crippen molar-refractivity contribution in [3.8, 4) is 0 Å². The molecule has 0 bridgehead atoms. The Morgan fingerprint density at radius 2 is 2.27 bits per heavy atom. The van der Waals surface area contributed by atoms with Crippen LogP contribution in [0.1, 0.15) is 37.3 Å². The third-order valence-electron chi connectivity index (χ3n) is 3.84. The molecule has 122 valence electrons. The fourth-order valence-electron chi connectivity index (χ4n) is 2.82. The third kappa shape index (κ3) is 3.97. The summed E-state index contributed by atoms with van der Waals surface area (Å²) in [4.78, 5) is 18.0. The van der Waals surface area contributed by atoms with Crippen molar-refractivity contribution < 1.29 is 18.0 Å². The number of carbonyl (C=O) groups is 1. The molecule has 7 heteroatoms. The van der Waals surface area contributed by atoms with E-state index in [9.17, 15) is 18.0 Å². The molecular formula is C15H20F3N3O. The standard InChI is InChI=1S/C15H20F3N3O/c1-2-7-21-8-3-4-13(21)14(22)20-10-11-9-19-6-5-12(11)15(16,17)18/h5-6,9,13H,2-4,7-8,10H2,1H3,(H,20,22)/t13-/m0/s1. The Labute approximate surface area is 127 Å². The van der Waals surface area contributed by atoms with E-state index in [2.05, 4.69) is 15.2 Å². The van der Waals surface area contributed by atoms with Crippen LogP contribution >= 0.6 is 0 Å². The van der Waals surface area contributed by atoms with Crippen LogP contribution in [0, 0.1) is 0 Å². The van der Waals surface area contributed by atoms with Crippen molar-refractivity contribution in [3.63, 3.8) is 0 Å². The van der Waals surface area contributed by atoms with Crippen molar-refractivity contribution >= 4 is 5.91 Å². The topological polar surface area (TPSA) is 45.2 Å². The van der Waals surface area contributed by atoms with Gasteiger partial charge in [0.1, 0.15) is 0 Å². The van der Waals surface area contributed by atoms with E-state index >= 15 is 0 Å². The fourth-order valence-corrected chi connectivity index (χ4v) is 2.82. The monoisotopic (exact) mass is 315 g/mol. The first-order valence-corrected chi connectivity index (χ1v) is 7.45. The van der Waals surface area contributed by atoms with Crippen molar-refractivity contribution in [1.29, 1.82) is 0 Å². The lowest BCUT2D eigenvalue weighted by Crippen LogP contribution is -2.43. The molecule has 1 aliphatic rings. The molecular weight excluding hydrogens is 295 g/mol. The van der Waals surface area contributed by atoms with Crippen LogP contribution in [-0.2, 0) is 17.5 Å². The van der Waals surface area contributed by atoms with Gasteiger partial charge in [-0.25, -0.2) is 0 Å². The molecule has 1 amide bonds. The van der Waals surface area contributed by atoms with Crippen molar-refractivity contribution in [2.75, 3.05) is 13.1 Å². The van der Waals surface area contributed by atoms with E-state index in [0.717, 1.165) is 50.8 Å². The Hall–Kier alpha value is -1.63. The fraction of sp³-hybridized carbons (Fsp3) is 0.600. The first-order chi connectivity index (χ1) is 10.4. The van der Waals surface area contributed by atoms with Crippen LogP contribution in [0.4, 0.5) is 13.2 Å². The molecule has 1 aromatic heterocycles. The van der Waals surface area contributed by atoms with Crippen molar-refractivity contribution in [2.45, 2.75) is 44.9 Å². The van der Waals surface area contributed by atoms with Gasteiger partial charge in [-0.05, 0) is 38.4 Å². The summed E-state index contributed by atoms with van der Waals surface area (Å²) in [5.41, 5.74) is -0.761. The second-order valence-corrected chi connectivity index (χ2v) is 5.44. The lowest BCUT2D eigenvalue weighted by molar-refractivity contribution is -0.138. The largest absolute Gasteiger partial charge is 0.416 e. The molecule has 0 radical (unpaired) electrons. The quantitative estimate of drug-likeness (QED) is 0.908. The maximum Gasteiger partial charge on any atom is 0.416 e. The van der Waals surface area contributed by atoms with Gasteiger partial charge in [-0.2, -0.15) is 13.2 Å². The van der Waals surface area contributed by atoms with Crippen LogP contribution in [0.5, 0.6) is 0 Å². The van der Waals surface area contributed by atoms with E-state index < -0.39 is 11.7 Å². The van der Waals surface area contributed by atoms with Crippen LogP contribution in [0.25, 0.3) is 0 Å². The average Bonchev–Trinajstić information content (AvgIpc) is 2.93. The normalized spacial score (nSPS) is 19.4. The Morgan fingerprint density at radius 3 is 2.95 bits per heavy atom. The van der Waals surface area contributed by atoms with Gasteiger partial charge < -0.3 is 5.32 Å². The molecule has 0 unspecified atom stereocenters. The summed E-state index contributed by atoms with van der Waals surface area (Å²) in [6.07, 6.45) is 0.467. The zero-order chi connectivity index (χ0) is 16.2. The molecule has 2 heterocycles. The lowest BCUT2D eigenvalue weighted by Gasteiger charge is -2.23. The summed E-state index contributed by atoms with van der Waals surface area (Å²) >= 11 is 0. The summed E-state index contributed by atoms with van der Waals surface area (Å²) in [6.45, 7) is 3.59. The van der Waals surface area contributed by atoms with E-state index in [0.29, 0.717) is 0 Å². The Bertz CT molecular complexity index is 519. The number of likely N-dealkylation sites (tertiary alicyclic amines) is 1. The van der Waals surface area contributed by atoms with Gasteiger partial charge >= 0.3 is 6.18 Å². The van der Waals surface area contributed by atoms with E-state index in [4.69, 9.17) is 0 Å². The Balaban J connectivity index is 2.00. The maximum absolute atomic E-state index is 12.9. The summed E-state index contributed by atoms with van der Waals surface area (Å²) in [7, 11) is 0. The van der Waals surface area contributed by atoms with E-state index in [-0.39, 0.29) is 24.1 Å². The van der Waals surface area contributed by atoms with Gasteiger partial charge in [0.05, 0.1) is 11.6 Å². The highest BCUT2D eigenvalue weighted by Gasteiger charge is 2.34. The number of hydrogen-bond donors (Lipinski definition) is 1. The zero-order valence-electron chi connectivity index (χ0n) is 12.5. The van der Waals surface area contributed by atoms with E-state index in [1.807, 2.05) is 6.92 Å². The third-order valence-corrected chi connectivity index (χ3v) is 3.84. The maximum atomic E-state index is 12.9. The highest BCUT2D eigenvalue weighted by Crippen LogP contribution is 2.31. The summed E-state index contributed by atoms with van der Waals surface area (Å²) < 4.78 is 38.7. The van der Waals surface area contributed by atoms with Crippen LogP contribution in [0.3, 0.4) is 0 Å². The molecule has 2 rings (SSSR count). The van der Waals surface area contributed by atoms with Gasteiger partial charge in [0.25, 0.3) is 0 Å². The Kier molecular flexibility index (Phi) is 5.39. The smallest absolute Gasteiger partial charge is 0.351 e. The zero-order valence-corrected chi connectivity index (χ0v) is 12.5. The molecule has 1 fully saturated rings. The number of alkyl halides is 3. The second kappa shape index (κ2) is 7.09. The molecule has 0 aliphatic carbocycles. The number of pyridine rings is 1. The minimum atomic E-state index is -4.44. The lowest BCUT2D eigenvalue weighted by atomic mass is 10.1. The van der Waals surface area contributed by atoms with Crippen molar-refractivity contribution in [2.24, 2.45) is 0 Å². The number of hydrogen-bond acceptors (Lipinski definition) is 3. The number of carbonyl (C=O) groups excluding carboxylic acids is 1. The van der Waals surface area contributed by atoms with Crippen LogP contribution < -0.4 is 5.32 Å². The minimum Gasteiger partial charge on any atom is -0.351 e. The highest BCUT2D eigenvalue weighted by atomic mass is 19.4. The predicted octanol–water partition coefficient (Wildman–Crippen LogP) is 2.59. The number of nitrogens with one attached hydrogen (secondary N) is 1. The van der Waals surface area contributed by atoms with Crippen molar-refractivity contribution in [1.82, 2.24) is 15.2 Å². The molecule has 0 spiro atoms.